The first-order valence-corrected chi connectivity index (χ1v) is 11.3. The van der Waals surface area contributed by atoms with Gasteiger partial charge in [0.15, 0.2) is 5.82 Å². The van der Waals surface area contributed by atoms with Gasteiger partial charge in [-0.3, -0.25) is 10.1 Å². The molecule has 4 rings (SSSR count). The third-order valence-corrected chi connectivity index (χ3v) is 5.81. The van der Waals surface area contributed by atoms with Gasteiger partial charge in [0, 0.05) is 38.1 Å². The zero-order valence-corrected chi connectivity index (χ0v) is 19.1. The van der Waals surface area contributed by atoms with Crippen molar-refractivity contribution in [3.8, 4) is 0 Å². The summed E-state index contributed by atoms with van der Waals surface area (Å²) in [6.07, 6.45) is 0.847. The maximum atomic E-state index is 12.5. The van der Waals surface area contributed by atoms with Gasteiger partial charge in [0.1, 0.15) is 6.10 Å². The van der Waals surface area contributed by atoms with Crippen LogP contribution in [0.4, 0.5) is 22.0 Å². The molecule has 2 N–H and O–H groups in total. The molecule has 2 aromatic carbocycles. The van der Waals surface area contributed by atoms with Gasteiger partial charge in [-0.1, -0.05) is 42.5 Å². The fourth-order valence-electron chi connectivity index (χ4n) is 4.01. The minimum atomic E-state index is -0.834. The van der Waals surface area contributed by atoms with Gasteiger partial charge in [0.25, 0.3) is 0 Å². The van der Waals surface area contributed by atoms with Crippen molar-refractivity contribution in [2.24, 2.45) is 0 Å². The van der Waals surface area contributed by atoms with Crippen LogP contribution in [0.1, 0.15) is 24.2 Å². The van der Waals surface area contributed by atoms with Crippen molar-refractivity contribution >= 4 is 29.3 Å². The number of nitrogens with zero attached hydrogens (tertiary/aromatic N) is 3. The molecule has 0 spiro atoms. The summed E-state index contributed by atoms with van der Waals surface area (Å²) in [5, 5.41) is 11.8. The van der Waals surface area contributed by atoms with Crippen molar-refractivity contribution in [2.45, 2.75) is 19.4 Å². The molecule has 8 nitrogen and oxygen atoms in total. The lowest BCUT2D eigenvalue weighted by Gasteiger charge is -2.37. The summed E-state index contributed by atoms with van der Waals surface area (Å²) in [6.45, 7) is 4.87. The highest BCUT2D eigenvalue weighted by atomic mass is 16.6. The second kappa shape index (κ2) is 10.7. The van der Waals surface area contributed by atoms with E-state index in [0.29, 0.717) is 11.5 Å². The standard InChI is InChI=1S/C26H28N4O4/c1-19(21-6-3-2-4-7-21)34-26(33)28-23-8-5-13-27-25(23)30-16-14-29(15-17-30)22-11-9-20(10-12-22)18-24(31)32/h2-13,19H,14-18H2,1H3,(H,28,33)(H,31,32). The van der Waals surface area contributed by atoms with Crippen LogP contribution >= 0.6 is 0 Å². The Morgan fingerprint density at radius 1 is 0.971 bits per heavy atom. The molecule has 1 aliphatic rings. The van der Waals surface area contributed by atoms with Gasteiger partial charge in [-0.2, -0.15) is 0 Å². The molecule has 3 aromatic rings. The first kappa shape index (κ1) is 23.1. The van der Waals surface area contributed by atoms with Gasteiger partial charge < -0.3 is 19.6 Å². The van der Waals surface area contributed by atoms with Crippen LogP contribution in [0.25, 0.3) is 0 Å². The second-order valence-electron chi connectivity index (χ2n) is 8.17. The second-order valence-corrected chi connectivity index (χ2v) is 8.17. The first-order chi connectivity index (χ1) is 16.5. The molecule has 34 heavy (non-hydrogen) atoms. The zero-order valence-electron chi connectivity index (χ0n) is 19.1. The molecular weight excluding hydrogens is 432 g/mol. The number of carbonyl (C=O) groups excluding carboxylic acids is 1. The summed E-state index contributed by atoms with van der Waals surface area (Å²) >= 11 is 0. The number of benzene rings is 2. The number of amides is 1. The fourth-order valence-corrected chi connectivity index (χ4v) is 4.01. The third kappa shape index (κ3) is 5.83. The number of carboxylic acid groups (broad SMARTS) is 1. The highest BCUT2D eigenvalue weighted by molar-refractivity contribution is 5.88. The van der Waals surface area contributed by atoms with E-state index in [1.54, 1.807) is 12.3 Å². The number of ether oxygens (including phenoxy) is 1. The summed E-state index contributed by atoms with van der Waals surface area (Å²) < 4.78 is 5.55. The molecular formula is C26H28N4O4. The molecule has 1 aliphatic heterocycles. The summed E-state index contributed by atoms with van der Waals surface area (Å²) in [5.74, 6) is -0.122. The predicted octanol–water partition coefficient (Wildman–Crippen LogP) is 4.35. The van der Waals surface area contributed by atoms with E-state index < -0.39 is 12.1 Å². The lowest BCUT2D eigenvalue weighted by Crippen LogP contribution is -2.47. The van der Waals surface area contributed by atoms with E-state index >= 15 is 0 Å². The van der Waals surface area contributed by atoms with Crippen LogP contribution in [0, 0.1) is 0 Å². The molecule has 1 atom stereocenters. The van der Waals surface area contributed by atoms with Crippen molar-refractivity contribution in [1.82, 2.24) is 4.98 Å². The van der Waals surface area contributed by atoms with Gasteiger partial charge in [-0.15, -0.1) is 0 Å². The van der Waals surface area contributed by atoms with Crippen LogP contribution in [0.3, 0.4) is 0 Å². The van der Waals surface area contributed by atoms with Crippen LogP contribution in [0.5, 0.6) is 0 Å². The Labute approximate surface area is 198 Å². The van der Waals surface area contributed by atoms with E-state index in [2.05, 4.69) is 20.1 Å². The summed E-state index contributed by atoms with van der Waals surface area (Å²) in [7, 11) is 0. The highest BCUT2D eigenvalue weighted by Crippen LogP contribution is 2.26. The van der Waals surface area contributed by atoms with E-state index in [1.165, 1.54) is 0 Å². The number of anilines is 3. The molecule has 1 saturated heterocycles. The molecule has 8 heteroatoms. The lowest BCUT2D eigenvalue weighted by molar-refractivity contribution is -0.136. The maximum Gasteiger partial charge on any atom is 0.412 e. The molecule has 1 unspecified atom stereocenters. The van der Waals surface area contributed by atoms with E-state index in [0.717, 1.165) is 43.0 Å². The fraction of sp³-hybridized carbons (Fsp3) is 0.269. The quantitative estimate of drug-likeness (QED) is 0.541. The average Bonchev–Trinajstić information content (AvgIpc) is 2.85. The van der Waals surface area contributed by atoms with Crippen molar-refractivity contribution < 1.29 is 19.4 Å². The molecule has 0 saturated carbocycles. The van der Waals surface area contributed by atoms with Crippen molar-refractivity contribution in [1.29, 1.82) is 0 Å². The lowest BCUT2D eigenvalue weighted by atomic mass is 10.1. The Morgan fingerprint density at radius 2 is 1.65 bits per heavy atom. The average molecular weight is 461 g/mol. The Morgan fingerprint density at radius 3 is 2.32 bits per heavy atom. The van der Waals surface area contributed by atoms with Gasteiger partial charge in [0.05, 0.1) is 12.1 Å². The van der Waals surface area contributed by atoms with E-state index in [9.17, 15) is 9.59 Å². The molecule has 0 aliphatic carbocycles. The molecule has 0 bridgehead atoms. The van der Waals surface area contributed by atoms with E-state index in [-0.39, 0.29) is 12.5 Å². The number of hydrogen-bond donors (Lipinski definition) is 2. The van der Waals surface area contributed by atoms with Crippen LogP contribution < -0.4 is 15.1 Å². The smallest absolute Gasteiger partial charge is 0.412 e. The van der Waals surface area contributed by atoms with Gasteiger partial charge in [0.2, 0.25) is 0 Å². The number of aliphatic carboxylic acids is 1. The molecule has 1 aromatic heterocycles. The molecule has 176 valence electrons. The Balaban J connectivity index is 1.36. The molecule has 0 radical (unpaired) electrons. The van der Waals surface area contributed by atoms with Crippen LogP contribution in [-0.4, -0.2) is 48.3 Å². The zero-order chi connectivity index (χ0) is 23.9. The number of hydrogen-bond acceptors (Lipinski definition) is 6. The Kier molecular flexibility index (Phi) is 7.27. The number of pyridine rings is 1. The van der Waals surface area contributed by atoms with Gasteiger partial charge in [-0.05, 0) is 42.3 Å². The SMILES string of the molecule is CC(OC(=O)Nc1cccnc1N1CCN(c2ccc(CC(=O)O)cc2)CC1)c1ccccc1. The van der Waals surface area contributed by atoms with E-state index in [4.69, 9.17) is 9.84 Å². The van der Waals surface area contributed by atoms with Crippen LogP contribution in [0.2, 0.25) is 0 Å². The molecule has 1 fully saturated rings. The van der Waals surface area contributed by atoms with E-state index in [1.807, 2.05) is 67.6 Å². The van der Waals surface area contributed by atoms with Crippen molar-refractivity contribution in [3.05, 3.63) is 84.1 Å². The third-order valence-electron chi connectivity index (χ3n) is 5.81. The van der Waals surface area contributed by atoms with Crippen LogP contribution in [-0.2, 0) is 16.0 Å². The predicted molar refractivity (Wildman–Crippen MR) is 131 cm³/mol. The largest absolute Gasteiger partial charge is 0.481 e. The summed E-state index contributed by atoms with van der Waals surface area (Å²) in [6, 6.07) is 20.9. The number of nitrogens with one attached hydrogen (secondary N) is 1. The summed E-state index contributed by atoms with van der Waals surface area (Å²) in [4.78, 5) is 32.3. The monoisotopic (exact) mass is 460 g/mol. The highest BCUT2D eigenvalue weighted by Gasteiger charge is 2.22. The molecule has 1 amide bonds. The topological polar surface area (TPSA) is 95.0 Å². The van der Waals surface area contributed by atoms with Crippen LogP contribution in [0.15, 0.2) is 72.9 Å². The first-order valence-electron chi connectivity index (χ1n) is 11.3. The van der Waals surface area contributed by atoms with Crippen molar-refractivity contribution in [2.75, 3.05) is 41.3 Å². The number of carboxylic acids is 1. The van der Waals surface area contributed by atoms with Crippen molar-refractivity contribution in [3.63, 3.8) is 0 Å². The molecule has 2 heterocycles. The minimum absolute atomic E-state index is 0.0239. The maximum absolute atomic E-state index is 12.5. The number of aromatic nitrogens is 1. The normalized spacial score (nSPS) is 14.4. The summed E-state index contributed by atoms with van der Waals surface area (Å²) in [5.41, 5.74) is 3.38. The Hall–Kier alpha value is -4.07. The Bertz CT molecular complexity index is 1110. The van der Waals surface area contributed by atoms with Gasteiger partial charge >= 0.3 is 12.1 Å². The number of piperazine rings is 1. The number of rotatable bonds is 7. The number of carbonyl (C=O) groups is 2. The van der Waals surface area contributed by atoms with Gasteiger partial charge in [-0.25, -0.2) is 9.78 Å². The minimum Gasteiger partial charge on any atom is -0.481 e.